The highest BCUT2D eigenvalue weighted by Gasteiger charge is 2.40. The summed E-state index contributed by atoms with van der Waals surface area (Å²) < 4.78 is 0. The SMILES string of the molecule is CC1=Cc2c(-c3cc(C(C)(C)C)cc(C(C)(C)C)c3)cc(C(C)(C)C)cc2C1C1=C(C)C([Si](C)C)c2cccc(-c3ccc(C(C)(C)C)cc3)c21. The summed E-state index contributed by atoms with van der Waals surface area (Å²) in [6, 6.07) is 29.1. The standard InChI is InChI=1S/C50H63Si/c1-30-24-41-40(33-25-35(48(6,7)8)27-36(26-33)49(9,10)11)28-37(50(12,13)14)29-42(41)43(30)44-31(2)46(51(15)16)39-19-17-18-38(45(39)44)32-20-22-34(23-21-32)47(3,4)5/h17-29,43,46H,1-16H3. The van der Waals surface area contributed by atoms with E-state index in [4.69, 9.17) is 0 Å². The van der Waals surface area contributed by atoms with Crippen molar-refractivity contribution in [1.29, 1.82) is 0 Å². The first-order valence-electron chi connectivity index (χ1n) is 19.3. The monoisotopic (exact) mass is 691 g/mol. The Labute approximate surface area is 313 Å². The zero-order valence-corrected chi connectivity index (χ0v) is 35.7. The van der Waals surface area contributed by atoms with Gasteiger partial charge in [0.1, 0.15) is 0 Å². The first-order valence-corrected chi connectivity index (χ1v) is 21.8. The Morgan fingerprint density at radius 2 is 1.04 bits per heavy atom. The molecule has 0 amide bonds. The maximum absolute atomic E-state index is 2.58. The van der Waals surface area contributed by atoms with Crippen molar-refractivity contribution in [2.45, 2.75) is 143 Å². The maximum atomic E-state index is 2.58. The van der Waals surface area contributed by atoms with Crippen molar-refractivity contribution in [3.63, 3.8) is 0 Å². The number of hydrogen-bond donors (Lipinski definition) is 0. The first kappa shape index (κ1) is 37.3. The van der Waals surface area contributed by atoms with Crippen LogP contribution in [0.15, 0.2) is 83.9 Å². The van der Waals surface area contributed by atoms with Crippen molar-refractivity contribution in [2.24, 2.45) is 0 Å². The van der Waals surface area contributed by atoms with Crippen molar-refractivity contribution < 1.29 is 0 Å². The quantitative estimate of drug-likeness (QED) is 0.187. The molecule has 0 saturated heterocycles. The van der Waals surface area contributed by atoms with Crippen LogP contribution in [0.5, 0.6) is 0 Å². The van der Waals surface area contributed by atoms with Gasteiger partial charge in [-0.3, -0.25) is 0 Å². The van der Waals surface area contributed by atoms with Gasteiger partial charge in [-0.2, -0.15) is 0 Å². The second kappa shape index (κ2) is 12.6. The van der Waals surface area contributed by atoms with Gasteiger partial charge < -0.3 is 0 Å². The van der Waals surface area contributed by atoms with Crippen LogP contribution >= 0.6 is 0 Å². The molecule has 0 nitrogen and oxygen atoms in total. The van der Waals surface area contributed by atoms with Crippen LogP contribution in [0, 0.1) is 0 Å². The summed E-state index contributed by atoms with van der Waals surface area (Å²) in [6.45, 7) is 38.0. The molecule has 0 saturated carbocycles. The van der Waals surface area contributed by atoms with Crippen LogP contribution in [-0.2, 0) is 21.7 Å². The van der Waals surface area contributed by atoms with Crippen LogP contribution in [0.25, 0.3) is 33.9 Å². The Morgan fingerprint density at radius 1 is 0.510 bits per heavy atom. The van der Waals surface area contributed by atoms with Crippen LogP contribution in [0.1, 0.15) is 153 Å². The summed E-state index contributed by atoms with van der Waals surface area (Å²) in [7, 11) is -0.648. The lowest BCUT2D eigenvalue weighted by atomic mass is 9.76. The minimum atomic E-state index is -0.648. The second-order valence-corrected chi connectivity index (χ2v) is 22.8. The molecule has 51 heavy (non-hydrogen) atoms. The van der Waals surface area contributed by atoms with E-state index in [1.165, 1.54) is 66.8 Å². The van der Waals surface area contributed by atoms with Gasteiger partial charge in [-0.1, -0.05) is 186 Å². The van der Waals surface area contributed by atoms with Crippen molar-refractivity contribution in [2.75, 3.05) is 0 Å². The van der Waals surface area contributed by atoms with Crippen LogP contribution < -0.4 is 0 Å². The van der Waals surface area contributed by atoms with E-state index >= 15 is 0 Å². The van der Waals surface area contributed by atoms with E-state index in [1.54, 1.807) is 16.7 Å². The van der Waals surface area contributed by atoms with Gasteiger partial charge in [0.2, 0.25) is 0 Å². The molecular weight excluding hydrogens is 629 g/mol. The van der Waals surface area contributed by atoms with Gasteiger partial charge in [0.05, 0.1) is 8.80 Å². The third-order valence-corrected chi connectivity index (χ3v) is 13.6. The molecule has 4 aromatic rings. The minimum absolute atomic E-state index is 0.0157. The molecule has 2 aliphatic carbocycles. The molecule has 6 rings (SSSR count). The van der Waals surface area contributed by atoms with E-state index < -0.39 is 8.80 Å². The van der Waals surface area contributed by atoms with Gasteiger partial charge in [-0.25, -0.2) is 0 Å². The number of fused-ring (bicyclic) bond motifs is 2. The predicted octanol–water partition coefficient (Wildman–Crippen LogP) is 14.6. The summed E-state index contributed by atoms with van der Waals surface area (Å²) in [5.74, 6) is 0.231. The Kier molecular flexibility index (Phi) is 9.24. The summed E-state index contributed by atoms with van der Waals surface area (Å²) in [5.41, 5.74) is 22.3. The fourth-order valence-electron chi connectivity index (χ4n) is 8.54. The lowest BCUT2D eigenvalue weighted by Crippen LogP contribution is -2.17. The van der Waals surface area contributed by atoms with Crippen molar-refractivity contribution in [1.82, 2.24) is 0 Å². The molecule has 267 valence electrons. The van der Waals surface area contributed by atoms with E-state index in [1.807, 2.05) is 0 Å². The predicted molar refractivity (Wildman–Crippen MR) is 228 cm³/mol. The van der Waals surface area contributed by atoms with Crippen LogP contribution in [0.4, 0.5) is 0 Å². The third-order valence-electron chi connectivity index (χ3n) is 11.7. The van der Waals surface area contributed by atoms with Crippen molar-refractivity contribution in [3.05, 3.63) is 128 Å². The fraction of sp³-hybridized carbons (Fsp3) is 0.440. The molecule has 0 aromatic heterocycles. The molecule has 0 N–H and O–H groups in total. The molecule has 2 atom stereocenters. The minimum Gasteiger partial charge on any atom is -0.0705 e. The summed E-state index contributed by atoms with van der Waals surface area (Å²) in [4.78, 5) is 0. The summed E-state index contributed by atoms with van der Waals surface area (Å²) in [6.07, 6.45) is 2.54. The summed E-state index contributed by atoms with van der Waals surface area (Å²) in [5, 5.41) is 0. The van der Waals surface area contributed by atoms with E-state index in [0.717, 1.165) is 0 Å². The molecule has 0 aliphatic heterocycles. The van der Waals surface area contributed by atoms with Gasteiger partial charge in [0, 0.05) is 5.92 Å². The van der Waals surface area contributed by atoms with E-state index in [9.17, 15) is 0 Å². The summed E-state index contributed by atoms with van der Waals surface area (Å²) >= 11 is 0. The molecule has 1 heteroatoms. The second-order valence-electron chi connectivity index (χ2n) is 20.1. The Bertz CT molecular complexity index is 2020. The molecule has 1 radical (unpaired) electrons. The topological polar surface area (TPSA) is 0 Å². The lowest BCUT2D eigenvalue weighted by molar-refractivity contribution is 0.569. The number of hydrogen-bond acceptors (Lipinski definition) is 0. The van der Waals surface area contributed by atoms with Crippen LogP contribution in [-0.4, -0.2) is 8.80 Å². The number of rotatable bonds is 4. The lowest BCUT2D eigenvalue weighted by Gasteiger charge is -2.28. The highest BCUT2D eigenvalue weighted by Crippen LogP contribution is 2.57. The largest absolute Gasteiger partial charge is 0.0705 e. The zero-order chi connectivity index (χ0) is 37.6. The van der Waals surface area contributed by atoms with Crippen molar-refractivity contribution >= 4 is 20.4 Å². The van der Waals surface area contributed by atoms with Gasteiger partial charge in [0.15, 0.2) is 0 Å². The molecule has 0 spiro atoms. The molecular formula is C50H63Si. The zero-order valence-electron chi connectivity index (χ0n) is 34.7. The van der Waals surface area contributed by atoms with Crippen molar-refractivity contribution in [3.8, 4) is 22.3 Å². The third kappa shape index (κ3) is 6.81. The average Bonchev–Trinajstić information content (AvgIpc) is 3.50. The average molecular weight is 692 g/mol. The Balaban J connectivity index is 1.63. The highest BCUT2D eigenvalue weighted by atomic mass is 28.3. The number of benzene rings is 4. The van der Waals surface area contributed by atoms with E-state index in [-0.39, 0.29) is 27.6 Å². The van der Waals surface area contributed by atoms with Gasteiger partial charge in [-0.05, 0) is 113 Å². The van der Waals surface area contributed by atoms with Crippen LogP contribution in [0.3, 0.4) is 0 Å². The number of allylic oxidation sites excluding steroid dienone is 3. The molecule has 0 heterocycles. The molecule has 0 bridgehead atoms. The van der Waals surface area contributed by atoms with Gasteiger partial charge >= 0.3 is 0 Å². The molecule has 2 aliphatic rings. The van der Waals surface area contributed by atoms with Gasteiger partial charge in [0.25, 0.3) is 0 Å². The fourth-order valence-corrected chi connectivity index (χ4v) is 10.4. The normalized spacial score (nSPS) is 18.0. The highest BCUT2D eigenvalue weighted by molar-refractivity contribution is 6.59. The smallest absolute Gasteiger partial charge is 0.0552 e. The van der Waals surface area contributed by atoms with Crippen LogP contribution in [0.2, 0.25) is 13.1 Å². The molecule has 2 unspecified atom stereocenters. The molecule has 0 fully saturated rings. The van der Waals surface area contributed by atoms with Gasteiger partial charge in [-0.15, -0.1) is 0 Å². The Morgan fingerprint density at radius 3 is 1.55 bits per heavy atom. The maximum Gasteiger partial charge on any atom is 0.0552 e. The van der Waals surface area contributed by atoms with E-state index in [0.29, 0.717) is 5.54 Å². The Hall–Kier alpha value is -3.42. The van der Waals surface area contributed by atoms with E-state index in [2.05, 4.69) is 189 Å². The molecule has 4 aromatic carbocycles. The first-order chi connectivity index (χ1) is 23.5.